The summed E-state index contributed by atoms with van der Waals surface area (Å²) in [5.41, 5.74) is 1.24. The van der Waals surface area contributed by atoms with E-state index in [4.69, 9.17) is 14.2 Å². The zero-order valence-electron chi connectivity index (χ0n) is 9.51. The van der Waals surface area contributed by atoms with Gasteiger partial charge in [0.2, 0.25) is 0 Å². The van der Waals surface area contributed by atoms with Crippen molar-refractivity contribution >= 4 is 5.97 Å². The van der Waals surface area contributed by atoms with Crippen LogP contribution >= 0.6 is 0 Å². The minimum atomic E-state index is -1.32. The van der Waals surface area contributed by atoms with E-state index in [0.717, 1.165) is 5.56 Å². The molecule has 2 rings (SSSR count). The maximum atomic E-state index is 11.5. The highest BCUT2D eigenvalue weighted by Gasteiger charge is 2.25. The molecule has 0 aromatic heterocycles. The van der Waals surface area contributed by atoms with Crippen LogP contribution in [0.15, 0.2) is 18.2 Å². The number of hydrogen-bond acceptors (Lipinski definition) is 5. The molecule has 0 radical (unpaired) electrons. The van der Waals surface area contributed by atoms with Crippen molar-refractivity contribution in [3.05, 3.63) is 29.3 Å². The number of carbonyl (C=O) groups is 1. The van der Waals surface area contributed by atoms with Crippen molar-refractivity contribution in [3.8, 4) is 5.75 Å². The van der Waals surface area contributed by atoms with Crippen molar-refractivity contribution in [2.45, 2.75) is 19.6 Å². The number of rotatable bonds is 3. The van der Waals surface area contributed by atoms with E-state index in [0.29, 0.717) is 17.9 Å². The standard InChI is InChI=1S/C12H14O5/c1-2-16-12(14)10(13)9-5-3-4-8-6-15-7-17-11(8)9/h3-5,10,13H,2,6-7H2,1H3. The summed E-state index contributed by atoms with van der Waals surface area (Å²) < 4.78 is 15.2. The second-order valence-corrected chi connectivity index (χ2v) is 3.60. The fraction of sp³-hybridized carbons (Fsp3) is 0.417. The number of benzene rings is 1. The first-order chi connectivity index (χ1) is 8.24. The summed E-state index contributed by atoms with van der Waals surface area (Å²) in [4.78, 5) is 11.5. The topological polar surface area (TPSA) is 65.0 Å². The summed E-state index contributed by atoms with van der Waals surface area (Å²) in [5.74, 6) is -0.157. The molecular weight excluding hydrogens is 224 g/mol. The van der Waals surface area contributed by atoms with Crippen molar-refractivity contribution in [3.63, 3.8) is 0 Å². The first-order valence-corrected chi connectivity index (χ1v) is 5.41. The summed E-state index contributed by atoms with van der Waals surface area (Å²) >= 11 is 0. The fourth-order valence-electron chi connectivity index (χ4n) is 1.71. The Morgan fingerprint density at radius 1 is 1.59 bits per heavy atom. The SMILES string of the molecule is CCOC(=O)C(O)c1cccc2c1OCOC2. The second kappa shape index (κ2) is 5.16. The first kappa shape index (κ1) is 11.9. The van der Waals surface area contributed by atoms with Crippen molar-refractivity contribution in [2.24, 2.45) is 0 Å². The Morgan fingerprint density at radius 3 is 3.18 bits per heavy atom. The number of aliphatic hydroxyl groups is 1. The van der Waals surface area contributed by atoms with E-state index >= 15 is 0 Å². The van der Waals surface area contributed by atoms with Crippen molar-refractivity contribution < 1.29 is 24.1 Å². The molecule has 1 aliphatic heterocycles. The van der Waals surface area contributed by atoms with Crippen molar-refractivity contribution in [1.82, 2.24) is 0 Å². The fourth-order valence-corrected chi connectivity index (χ4v) is 1.71. The van der Waals surface area contributed by atoms with Crippen LogP contribution in [0.3, 0.4) is 0 Å². The molecule has 0 spiro atoms. The molecule has 1 aliphatic rings. The van der Waals surface area contributed by atoms with E-state index in [9.17, 15) is 9.90 Å². The molecule has 5 nitrogen and oxygen atoms in total. The summed E-state index contributed by atoms with van der Waals surface area (Å²) in [6, 6.07) is 5.22. The lowest BCUT2D eigenvalue weighted by atomic mass is 10.0. The number of aliphatic hydroxyl groups excluding tert-OH is 1. The van der Waals surface area contributed by atoms with Gasteiger partial charge in [-0.25, -0.2) is 4.79 Å². The second-order valence-electron chi connectivity index (χ2n) is 3.60. The van der Waals surface area contributed by atoms with Crippen LogP contribution in [0.1, 0.15) is 24.2 Å². The molecule has 5 heteroatoms. The van der Waals surface area contributed by atoms with Crippen molar-refractivity contribution in [1.29, 1.82) is 0 Å². The molecule has 0 saturated heterocycles. The van der Waals surface area contributed by atoms with Gasteiger partial charge in [0.25, 0.3) is 0 Å². The van der Waals surface area contributed by atoms with Gasteiger partial charge in [0.15, 0.2) is 12.9 Å². The van der Waals surface area contributed by atoms with E-state index in [2.05, 4.69) is 0 Å². The average Bonchev–Trinajstić information content (AvgIpc) is 2.37. The van der Waals surface area contributed by atoms with Gasteiger partial charge >= 0.3 is 5.97 Å². The molecule has 0 saturated carbocycles. The third kappa shape index (κ3) is 2.40. The minimum Gasteiger partial charge on any atom is -0.467 e. The molecule has 0 bridgehead atoms. The van der Waals surface area contributed by atoms with Gasteiger partial charge in [-0.3, -0.25) is 0 Å². The molecule has 17 heavy (non-hydrogen) atoms. The van der Waals surface area contributed by atoms with Gasteiger partial charge in [0.05, 0.1) is 13.2 Å². The molecule has 1 atom stereocenters. The van der Waals surface area contributed by atoms with Gasteiger partial charge in [-0.15, -0.1) is 0 Å². The number of esters is 1. The normalized spacial score (nSPS) is 15.6. The van der Waals surface area contributed by atoms with Crippen LogP contribution in [0.2, 0.25) is 0 Å². The zero-order chi connectivity index (χ0) is 12.3. The highest BCUT2D eigenvalue weighted by Crippen LogP contribution is 2.32. The van der Waals surface area contributed by atoms with Crippen LogP contribution in [-0.4, -0.2) is 24.5 Å². The lowest BCUT2D eigenvalue weighted by molar-refractivity contribution is -0.153. The molecule has 92 valence electrons. The molecule has 0 fully saturated rings. The maximum Gasteiger partial charge on any atom is 0.339 e. The van der Waals surface area contributed by atoms with E-state index in [1.54, 1.807) is 19.1 Å². The van der Waals surface area contributed by atoms with Crippen LogP contribution in [0.4, 0.5) is 0 Å². The third-order valence-electron chi connectivity index (χ3n) is 2.48. The monoisotopic (exact) mass is 238 g/mol. The Hall–Kier alpha value is -1.59. The van der Waals surface area contributed by atoms with Gasteiger partial charge in [-0.05, 0) is 6.92 Å². The van der Waals surface area contributed by atoms with Crippen LogP contribution in [0.5, 0.6) is 5.75 Å². The Morgan fingerprint density at radius 2 is 2.41 bits per heavy atom. The highest BCUT2D eigenvalue weighted by atomic mass is 16.7. The predicted octanol–water partition coefficient (Wildman–Crippen LogP) is 1.15. The summed E-state index contributed by atoms with van der Waals surface area (Å²) in [7, 11) is 0. The Kier molecular flexibility index (Phi) is 3.61. The van der Waals surface area contributed by atoms with E-state index in [-0.39, 0.29) is 13.4 Å². The lowest BCUT2D eigenvalue weighted by Crippen LogP contribution is -2.19. The summed E-state index contributed by atoms with van der Waals surface area (Å²) in [6.45, 7) is 2.46. The number of para-hydroxylation sites is 1. The Balaban J connectivity index is 2.28. The minimum absolute atomic E-state index is 0.125. The number of fused-ring (bicyclic) bond motifs is 1. The number of ether oxygens (including phenoxy) is 3. The molecule has 1 aromatic carbocycles. The van der Waals surface area contributed by atoms with Crippen LogP contribution in [0.25, 0.3) is 0 Å². The van der Waals surface area contributed by atoms with Gasteiger partial charge in [0, 0.05) is 11.1 Å². The Bertz CT molecular complexity index is 415. The number of carbonyl (C=O) groups excluding carboxylic acids is 1. The summed E-state index contributed by atoms with van der Waals surface area (Å²) in [5, 5.41) is 9.88. The molecule has 1 N–H and O–H groups in total. The molecule has 1 unspecified atom stereocenters. The highest BCUT2D eigenvalue weighted by molar-refractivity contribution is 5.77. The Labute approximate surface area is 98.9 Å². The van der Waals surface area contributed by atoms with E-state index < -0.39 is 12.1 Å². The zero-order valence-corrected chi connectivity index (χ0v) is 9.51. The molecule has 0 aliphatic carbocycles. The molecule has 0 amide bonds. The van der Waals surface area contributed by atoms with Gasteiger partial charge < -0.3 is 19.3 Å². The molecule has 1 aromatic rings. The van der Waals surface area contributed by atoms with Gasteiger partial charge in [0.1, 0.15) is 5.75 Å². The number of hydrogen-bond donors (Lipinski definition) is 1. The smallest absolute Gasteiger partial charge is 0.339 e. The van der Waals surface area contributed by atoms with Crippen LogP contribution in [0, 0.1) is 0 Å². The van der Waals surface area contributed by atoms with E-state index in [1.165, 1.54) is 0 Å². The average molecular weight is 238 g/mol. The van der Waals surface area contributed by atoms with Gasteiger partial charge in [-0.1, -0.05) is 18.2 Å². The largest absolute Gasteiger partial charge is 0.467 e. The van der Waals surface area contributed by atoms with Crippen molar-refractivity contribution in [2.75, 3.05) is 13.4 Å². The third-order valence-corrected chi connectivity index (χ3v) is 2.48. The van der Waals surface area contributed by atoms with Crippen LogP contribution in [-0.2, 0) is 20.9 Å². The molecular formula is C12H14O5. The summed E-state index contributed by atoms with van der Waals surface area (Å²) in [6.07, 6.45) is -1.32. The lowest BCUT2D eigenvalue weighted by Gasteiger charge is -2.22. The first-order valence-electron chi connectivity index (χ1n) is 5.41. The maximum absolute atomic E-state index is 11.5. The van der Waals surface area contributed by atoms with E-state index in [1.807, 2.05) is 6.07 Å². The molecule has 1 heterocycles. The predicted molar refractivity (Wildman–Crippen MR) is 58.3 cm³/mol. The quantitative estimate of drug-likeness (QED) is 0.800. The van der Waals surface area contributed by atoms with Gasteiger partial charge in [-0.2, -0.15) is 0 Å². The van der Waals surface area contributed by atoms with Crippen LogP contribution < -0.4 is 4.74 Å².